The van der Waals surface area contributed by atoms with Gasteiger partial charge in [0.2, 0.25) is 5.89 Å². The van der Waals surface area contributed by atoms with Crippen LogP contribution in [0.2, 0.25) is 0 Å². The fourth-order valence-electron chi connectivity index (χ4n) is 1.38. The van der Waals surface area contributed by atoms with E-state index in [-0.39, 0.29) is 0 Å². The lowest BCUT2D eigenvalue weighted by molar-refractivity contribution is 0.462. The van der Waals surface area contributed by atoms with Crippen LogP contribution in [0.5, 0.6) is 0 Å². The first kappa shape index (κ1) is 12.0. The molecule has 1 heterocycles. The molecule has 1 N–H and O–H groups in total. The van der Waals surface area contributed by atoms with Crippen LogP contribution in [0.25, 0.3) is 0 Å². The Morgan fingerprint density at radius 2 is 2.13 bits per heavy atom. The van der Waals surface area contributed by atoms with Gasteiger partial charge in [-0.1, -0.05) is 18.9 Å². The molecule has 1 aromatic rings. The van der Waals surface area contributed by atoms with Gasteiger partial charge in [0.15, 0.2) is 0 Å². The third-order valence-electron chi connectivity index (χ3n) is 2.02. The van der Waals surface area contributed by atoms with E-state index in [9.17, 15) is 0 Å². The van der Waals surface area contributed by atoms with Gasteiger partial charge in [-0.05, 0) is 19.9 Å². The molecule has 0 aliphatic rings. The Labute approximate surface area is 90.9 Å². The monoisotopic (exact) mass is 212 g/mol. The highest BCUT2D eigenvalue weighted by atomic mass is 16.4. The van der Waals surface area contributed by atoms with Gasteiger partial charge in [0.25, 0.3) is 0 Å². The second kappa shape index (κ2) is 5.70. The number of anilines is 1. The zero-order valence-electron chi connectivity index (χ0n) is 9.95. The molecule has 5 heteroatoms. The molecule has 0 aliphatic heterocycles. The van der Waals surface area contributed by atoms with E-state index in [1.54, 1.807) is 0 Å². The third-order valence-corrected chi connectivity index (χ3v) is 2.02. The van der Waals surface area contributed by atoms with Gasteiger partial charge in [0.05, 0.1) is 6.54 Å². The van der Waals surface area contributed by atoms with Crippen LogP contribution in [0.15, 0.2) is 4.42 Å². The van der Waals surface area contributed by atoms with Crippen LogP contribution in [0.1, 0.15) is 26.7 Å². The smallest absolute Gasteiger partial charge is 0.318 e. The van der Waals surface area contributed by atoms with Gasteiger partial charge in [-0.15, -0.1) is 5.10 Å². The molecule has 0 saturated carbocycles. The van der Waals surface area contributed by atoms with Crippen molar-refractivity contribution in [1.29, 1.82) is 0 Å². The predicted octanol–water partition coefficient (Wildman–Crippen LogP) is 1.27. The van der Waals surface area contributed by atoms with Crippen molar-refractivity contribution < 1.29 is 4.42 Å². The van der Waals surface area contributed by atoms with Crippen molar-refractivity contribution in [2.75, 3.05) is 25.0 Å². The van der Waals surface area contributed by atoms with Crippen LogP contribution in [-0.2, 0) is 6.54 Å². The summed E-state index contributed by atoms with van der Waals surface area (Å²) in [6.45, 7) is 8.88. The minimum absolute atomic E-state index is 0.588. The maximum absolute atomic E-state index is 5.52. The molecule has 0 amide bonds. The fourth-order valence-corrected chi connectivity index (χ4v) is 1.38. The SMILES string of the molecule is CCN(CC(C)C)c1nnc(CNC)o1. The molecule has 0 aliphatic carbocycles. The lowest BCUT2D eigenvalue weighted by atomic mass is 10.2. The summed E-state index contributed by atoms with van der Waals surface area (Å²) in [6, 6.07) is 0.622. The largest absolute Gasteiger partial charge is 0.407 e. The maximum Gasteiger partial charge on any atom is 0.318 e. The summed E-state index contributed by atoms with van der Waals surface area (Å²) in [4.78, 5) is 2.09. The molecule has 0 atom stereocenters. The Kier molecular flexibility index (Phi) is 4.55. The summed E-state index contributed by atoms with van der Waals surface area (Å²) in [5, 5.41) is 11.0. The van der Waals surface area contributed by atoms with E-state index in [2.05, 4.69) is 41.2 Å². The normalized spacial score (nSPS) is 11.0. The van der Waals surface area contributed by atoms with E-state index in [0.29, 0.717) is 24.4 Å². The fraction of sp³-hybridized carbons (Fsp3) is 0.800. The highest BCUT2D eigenvalue weighted by molar-refractivity contribution is 5.23. The summed E-state index contributed by atoms with van der Waals surface area (Å²) in [5.41, 5.74) is 0. The van der Waals surface area contributed by atoms with Gasteiger partial charge in [-0.2, -0.15) is 0 Å². The van der Waals surface area contributed by atoms with Crippen LogP contribution in [0.4, 0.5) is 6.01 Å². The Balaban J connectivity index is 2.65. The van der Waals surface area contributed by atoms with Crippen LogP contribution in [0.3, 0.4) is 0 Å². The van der Waals surface area contributed by atoms with E-state index in [1.165, 1.54) is 0 Å². The van der Waals surface area contributed by atoms with Crippen LogP contribution in [0, 0.1) is 5.92 Å². The lowest BCUT2D eigenvalue weighted by Gasteiger charge is -2.19. The summed E-state index contributed by atoms with van der Waals surface area (Å²) < 4.78 is 5.52. The molecule has 5 nitrogen and oxygen atoms in total. The molecule has 86 valence electrons. The van der Waals surface area contributed by atoms with Gasteiger partial charge in [0.1, 0.15) is 0 Å². The number of aromatic nitrogens is 2. The molecule has 1 rings (SSSR count). The number of hydrogen-bond donors (Lipinski definition) is 1. The van der Waals surface area contributed by atoms with E-state index < -0.39 is 0 Å². The van der Waals surface area contributed by atoms with Crippen LogP contribution < -0.4 is 10.2 Å². The van der Waals surface area contributed by atoms with Crippen molar-refractivity contribution in [3.8, 4) is 0 Å². The first-order valence-corrected chi connectivity index (χ1v) is 5.39. The molecule has 0 bridgehead atoms. The first-order chi connectivity index (χ1) is 7.17. The van der Waals surface area contributed by atoms with Crippen molar-refractivity contribution in [2.45, 2.75) is 27.3 Å². The molecular weight excluding hydrogens is 192 g/mol. The average molecular weight is 212 g/mol. The number of hydrogen-bond acceptors (Lipinski definition) is 5. The molecule has 0 unspecified atom stereocenters. The van der Waals surface area contributed by atoms with Crippen LogP contribution in [-0.4, -0.2) is 30.3 Å². The summed E-state index contributed by atoms with van der Waals surface area (Å²) in [7, 11) is 1.86. The van der Waals surface area contributed by atoms with Crippen molar-refractivity contribution in [3.05, 3.63) is 5.89 Å². The molecule has 0 radical (unpaired) electrons. The van der Waals surface area contributed by atoms with E-state index >= 15 is 0 Å². The summed E-state index contributed by atoms with van der Waals surface area (Å²) in [5.74, 6) is 1.22. The van der Waals surface area contributed by atoms with E-state index in [1.807, 2.05) is 7.05 Å². The Hall–Kier alpha value is -1.10. The van der Waals surface area contributed by atoms with Gasteiger partial charge >= 0.3 is 6.01 Å². The van der Waals surface area contributed by atoms with Crippen molar-refractivity contribution in [2.24, 2.45) is 5.92 Å². The highest BCUT2D eigenvalue weighted by Gasteiger charge is 2.13. The number of rotatable bonds is 6. The van der Waals surface area contributed by atoms with Crippen molar-refractivity contribution in [1.82, 2.24) is 15.5 Å². The Bertz CT molecular complexity index is 285. The second-order valence-electron chi connectivity index (χ2n) is 3.94. The van der Waals surface area contributed by atoms with E-state index in [0.717, 1.165) is 13.1 Å². The van der Waals surface area contributed by atoms with Gasteiger partial charge in [-0.25, -0.2) is 0 Å². The van der Waals surface area contributed by atoms with Gasteiger partial charge in [-0.3, -0.25) is 0 Å². The van der Waals surface area contributed by atoms with Gasteiger partial charge < -0.3 is 14.6 Å². The molecule has 1 aromatic heterocycles. The average Bonchev–Trinajstić information content (AvgIpc) is 2.63. The topological polar surface area (TPSA) is 54.2 Å². The maximum atomic E-state index is 5.52. The molecule has 0 aromatic carbocycles. The molecule has 15 heavy (non-hydrogen) atoms. The van der Waals surface area contributed by atoms with E-state index in [4.69, 9.17) is 4.42 Å². The number of nitrogens with zero attached hydrogens (tertiary/aromatic N) is 3. The molecule has 0 spiro atoms. The highest BCUT2D eigenvalue weighted by Crippen LogP contribution is 2.13. The minimum atomic E-state index is 0.588. The van der Waals surface area contributed by atoms with Gasteiger partial charge in [0, 0.05) is 13.1 Å². The molecular formula is C10H20N4O. The molecule has 0 fully saturated rings. The zero-order chi connectivity index (χ0) is 11.3. The Morgan fingerprint density at radius 3 is 2.67 bits per heavy atom. The summed E-state index contributed by atoms with van der Waals surface area (Å²) >= 11 is 0. The standard InChI is InChI=1S/C10H20N4O/c1-5-14(7-8(2)3)10-13-12-9(15-10)6-11-4/h8,11H,5-7H2,1-4H3. The molecule has 0 saturated heterocycles. The minimum Gasteiger partial charge on any atom is -0.407 e. The quantitative estimate of drug-likeness (QED) is 0.769. The lowest BCUT2D eigenvalue weighted by Crippen LogP contribution is -2.27. The predicted molar refractivity (Wildman–Crippen MR) is 59.8 cm³/mol. The Morgan fingerprint density at radius 1 is 1.40 bits per heavy atom. The summed E-state index contributed by atoms with van der Waals surface area (Å²) in [6.07, 6.45) is 0. The first-order valence-electron chi connectivity index (χ1n) is 5.39. The number of nitrogens with one attached hydrogen (secondary N) is 1. The third kappa shape index (κ3) is 3.51. The van der Waals surface area contributed by atoms with Crippen molar-refractivity contribution >= 4 is 6.01 Å². The zero-order valence-corrected chi connectivity index (χ0v) is 9.95. The second-order valence-corrected chi connectivity index (χ2v) is 3.94. The van der Waals surface area contributed by atoms with Crippen LogP contribution >= 0.6 is 0 Å². The van der Waals surface area contributed by atoms with Crippen molar-refractivity contribution in [3.63, 3.8) is 0 Å².